The summed E-state index contributed by atoms with van der Waals surface area (Å²) in [4.78, 5) is 1.25. The van der Waals surface area contributed by atoms with E-state index in [-0.39, 0.29) is 6.04 Å². The number of benzene rings is 1. The Kier molecular flexibility index (Phi) is 5.46. The molecule has 0 amide bonds. The molecule has 0 radical (unpaired) electrons. The molecule has 1 N–H and O–H groups in total. The zero-order chi connectivity index (χ0) is 14.5. The molecule has 0 fully saturated rings. The van der Waals surface area contributed by atoms with Crippen LogP contribution in [0.5, 0.6) is 5.75 Å². The molecule has 2 aromatic rings. The highest BCUT2D eigenvalue weighted by atomic mass is 35.5. The summed E-state index contributed by atoms with van der Waals surface area (Å²) in [6.07, 6.45) is 0. The maximum atomic E-state index is 6.20. The molecule has 108 valence electrons. The minimum absolute atomic E-state index is 0.187. The Bertz CT molecular complexity index is 531. The summed E-state index contributed by atoms with van der Waals surface area (Å²) >= 11 is 7.84. The molecule has 0 spiro atoms. The molecule has 0 saturated heterocycles. The fourth-order valence-electron chi connectivity index (χ4n) is 2.14. The van der Waals surface area contributed by atoms with E-state index in [0.717, 1.165) is 22.2 Å². The topological polar surface area (TPSA) is 21.3 Å². The average molecular weight is 310 g/mol. The van der Waals surface area contributed by atoms with E-state index < -0.39 is 0 Å². The van der Waals surface area contributed by atoms with Crippen LogP contribution in [0.3, 0.4) is 0 Å². The highest BCUT2D eigenvalue weighted by molar-refractivity contribution is 7.16. The SMILES string of the molecule is CCNC(c1ccc(OCC)cc1)c1cc(C)c(Cl)s1. The van der Waals surface area contributed by atoms with Crippen molar-refractivity contribution in [1.29, 1.82) is 0 Å². The Balaban J connectivity index is 2.27. The summed E-state index contributed by atoms with van der Waals surface area (Å²) in [6.45, 7) is 7.75. The molecular formula is C16H20ClNOS. The number of thiophene rings is 1. The second kappa shape index (κ2) is 7.11. The molecule has 1 aromatic carbocycles. The number of halogens is 1. The lowest BCUT2D eigenvalue weighted by atomic mass is 10.0. The second-order valence-electron chi connectivity index (χ2n) is 4.60. The van der Waals surface area contributed by atoms with Gasteiger partial charge in [-0.2, -0.15) is 0 Å². The summed E-state index contributed by atoms with van der Waals surface area (Å²) in [6, 6.07) is 10.6. The lowest BCUT2D eigenvalue weighted by molar-refractivity contribution is 0.340. The first-order valence-electron chi connectivity index (χ1n) is 6.87. The molecule has 1 aromatic heterocycles. The van der Waals surface area contributed by atoms with Crippen molar-refractivity contribution in [3.05, 3.63) is 50.7 Å². The van der Waals surface area contributed by atoms with Crippen molar-refractivity contribution < 1.29 is 4.74 Å². The first-order chi connectivity index (χ1) is 9.65. The van der Waals surface area contributed by atoms with Crippen molar-refractivity contribution in [2.75, 3.05) is 13.2 Å². The normalized spacial score (nSPS) is 12.4. The zero-order valence-electron chi connectivity index (χ0n) is 12.1. The number of rotatable bonds is 6. The van der Waals surface area contributed by atoms with Crippen LogP contribution in [0.25, 0.3) is 0 Å². The third kappa shape index (κ3) is 3.54. The lowest BCUT2D eigenvalue weighted by Crippen LogP contribution is -2.21. The second-order valence-corrected chi connectivity index (χ2v) is 6.28. The van der Waals surface area contributed by atoms with Crippen LogP contribution in [0, 0.1) is 6.92 Å². The van der Waals surface area contributed by atoms with E-state index >= 15 is 0 Å². The average Bonchev–Trinajstić information content (AvgIpc) is 2.77. The fourth-order valence-corrected chi connectivity index (χ4v) is 3.46. The monoisotopic (exact) mass is 309 g/mol. The highest BCUT2D eigenvalue weighted by Gasteiger charge is 2.16. The van der Waals surface area contributed by atoms with E-state index in [9.17, 15) is 0 Å². The van der Waals surface area contributed by atoms with Crippen molar-refractivity contribution in [2.45, 2.75) is 26.8 Å². The van der Waals surface area contributed by atoms with Crippen molar-refractivity contribution >= 4 is 22.9 Å². The Morgan fingerprint density at radius 2 is 1.95 bits per heavy atom. The van der Waals surface area contributed by atoms with E-state index in [1.54, 1.807) is 11.3 Å². The smallest absolute Gasteiger partial charge is 0.119 e. The van der Waals surface area contributed by atoms with Crippen molar-refractivity contribution in [1.82, 2.24) is 5.32 Å². The summed E-state index contributed by atoms with van der Waals surface area (Å²) in [5.41, 5.74) is 2.37. The predicted octanol–water partition coefficient (Wildman–Crippen LogP) is 4.81. The Hall–Kier alpha value is -1.03. The summed E-state index contributed by atoms with van der Waals surface area (Å²) < 4.78 is 6.36. The Morgan fingerprint density at radius 3 is 2.45 bits per heavy atom. The van der Waals surface area contributed by atoms with Crippen LogP contribution in [-0.2, 0) is 0 Å². The molecule has 1 unspecified atom stereocenters. The minimum atomic E-state index is 0.187. The molecule has 20 heavy (non-hydrogen) atoms. The van der Waals surface area contributed by atoms with Crippen molar-refractivity contribution in [3.8, 4) is 5.75 Å². The van der Waals surface area contributed by atoms with E-state index in [1.165, 1.54) is 10.4 Å². The summed E-state index contributed by atoms with van der Waals surface area (Å²) in [5, 5.41) is 3.52. The summed E-state index contributed by atoms with van der Waals surface area (Å²) in [5.74, 6) is 0.909. The molecule has 4 heteroatoms. The van der Waals surface area contributed by atoms with Gasteiger partial charge in [-0.15, -0.1) is 11.3 Å². The van der Waals surface area contributed by atoms with Crippen LogP contribution in [0.2, 0.25) is 4.34 Å². The van der Waals surface area contributed by atoms with Crippen LogP contribution >= 0.6 is 22.9 Å². The molecule has 1 heterocycles. The Morgan fingerprint density at radius 1 is 1.25 bits per heavy atom. The van der Waals surface area contributed by atoms with E-state index in [4.69, 9.17) is 16.3 Å². The number of hydrogen-bond donors (Lipinski definition) is 1. The quantitative estimate of drug-likeness (QED) is 0.827. The van der Waals surface area contributed by atoms with Crippen LogP contribution in [-0.4, -0.2) is 13.2 Å². The van der Waals surface area contributed by atoms with E-state index in [2.05, 4.69) is 30.4 Å². The number of aryl methyl sites for hydroxylation is 1. The molecule has 0 aliphatic carbocycles. The van der Waals surface area contributed by atoms with E-state index in [1.807, 2.05) is 26.0 Å². The molecule has 0 aliphatic rings. The standard InChI is InChI=1S/C16H20ClNOS/c1-4-18-15(14-10-11(3)16(17)20-14)12-6-8-13(9-7-12)19-5-2/h6-10,15,18H,4-5H2,1-3H3. The fraction of sp³-hybridized carbons (Fsp3) is 0.375. The number of ether oxygens (including phenoxy) is 1. The highest BCUT2D eigenvalue weighted by Crippen LogP contribution is 2.34. The molecule has 2 rings (SSSR count). The van der Waals surface area contributed by atoms with Gasteiger partial charge in [-0.05, 0) is 49.7 Å². The lowest BCUT2D eigenvalue weighted by Gasteiger charge is -2.17. The first kappa shape index (κ1) is 15.4. The Labute approximate surface area is 129 Å². The van der Waals surface area contributed by atoms with Gasteiger partial charge in [-0.25, -0.2) is 0 Å². The van der Waals surface area contributed by atoms with Gasteiger partial charge in [0.15, 0.2) is 0 Å². The summed E-state index contributed by atoms with van der Waals surface area (Å²) in [7, 11) is 0. The van der Waals surface area contributed by atoms with Crippen LogP contribution < -0.4 is 10.1 Å². The molecule has 2 nitrogen and oxygen atoms in total. The molecular weight excluding hydrogens is 290 g/mol. The number of nitrogens with one attached hydrogen (secondary N) is 1. The molecule has 1 atom stereocenters. The largest absolute Gasteiger partial charge is 0.494 e. The third-order valence-electron chi connectivity index (χ3n) is 3.09. The number of hydrogen-bond acceptors (Lipinski definition) is 3. The third-order valence-corrected chi connectivity index (χ3v) is 4.71. The molecule has 0 bridgehead atoms. The molecule has 0 aliphatic heterocycles. The van der Waals surface area contributed by atoms with Gasteiger partial charge in [0, 0.05) is 4.88 Å². The predicted molar refractivity (Wildman–Crippen MR) is 87.2 cm³/mol. The molecule has 0 saturated carbocycles. The van der Waals surface area contributed by atoms with E-state index in [0.29, 0.717) is 6.61 Å². The zero-order valence-corrected chi connectivity index (χ0v) is 13.6. The first-order valence-corrected chi connectivity index (χ1v) is 8.07. The van der Waals surface area contributed by atoms with Gasteiger partial charge >= 0.3 is 0 Å². The van der Waals surface area contributed by atoms with Crippen molar-refractivity contribution in [3.63, 3.8) is 0 Å². The van der Waals surface area contributed by atoms with Gasteiger partial charge in [0.25, 0.3) is 0 Å². The van der Waals surface area contributed by atoms with Crippen molar-refractivity contribution in [2.24, 2.45) is 0 Å². The van der Waals surface area contributed by atoms with Gasteiger partial charge in [0.2, 0.25) is 0 Å². The van der Waals surface area contributed by atoms with Gasteiger partial charge in [0.05, 0.1) is 17.0 Å². The van der Waals surface area contributed by atoms with Crippen LogP contribution in [0.15, 0.2) is 30.3 Å². The van der Waals surface area contributed by atoms with Crippen LogP contribution in [0.1, 0.15) is 35.9 Å². The van der Waals surface area contributed by atoms with Gasteiger partial charge in [-0.1, -0.05) is 30.7 Å². The van der Waals surface area contributed by atoms with Gasteiger partial charge in [-0.3, -0.25) is 0 Å². The van der Waals surface area contributed by atoms with Crippen LogP contribution in [0.4, 0.5) is 0 Å². The minimum Gasteiger partial charge on any atom is -0.494 e. The maximum Gasteiger partial charge on any atom is 0.119 e. The van der Waals surface area contributed by atoms with Gasteiger partial charge in [0.1, 0.15) is 5.75 Å². The van der Waals surface area contributed by atoms with Gasteiger partial charge < -0.3 is 10.1 Å². The maximum absolute atomic E-state index is 6.20.